The van der Waals surface area contributed by atoms with Gasteiger partial charge in [0.25, 0.3) is 0 Å². The molecule has 8 heteroatoms. The van der Waals surface area contributed by atoms with Gasteiger partial charge in [0, 0.05) is 18.9 Å². The van der Waals surface area contributed by atoms with Crippen molar-refractivity contribution in [2.24, 2.45) is 5.92 Å². The fourth-order valence-corrected chi connectivity index (χ4v) is 6.91. The lowest BCUT2D eigenvalue weighted by Crippen LogP contribution is -2.44. The van der Waals surface area contributed by atoms with E-state index in [0.717, 1.165) is 12.8 Å². The summed E-state index contributed by atoms with van der Waals surface area (Å²) in [5.74, 6) is -0.614. The Morgan fingerprint density at radius 2 is 1.32 bits per heavy atom. The molecule has 2 aliphatic heterocycles. The summed E-state index contributed by atoms with van der Waals surface area (Å²) < 4.78 is 24.8. The van der Waals surface area contributed by atoms with Gasteiger partial charge < -0.3 is 18.3 Å². The van der Waals surface area contributed by atoms with E-state index in [1.807, 2.05) is 6.92 Å². The smallest absolute Gasteiger partial charge is 0.192 e. The Bertz CT molecular complexity index is 858. The van der Waals surface area contributed by atoms with Gasteiger partial charge in [-0.05, 0) is 83.2 Å². The second kappa shape index (κ2) is 11.5. The van der Waals surface area contributed by atoms with Crippen molar-refractivity contribution in [2.45, 2.75) is 167 Å². The van der Waals surface area contributed by atoms with Crippen LogP contribution in [0.2, 0.25) is 36.3 Å². The Labute approximate surface area is 235 Å². The quantitative estimate of drug-likeness (QED) is 0.116. The fraction of sp³-hybridized carbons (Fsp3) is 0.933. The van der Waals surface area contributed by atoms with Crippen LogP contribution in [0.4, 0.5) is 0 Å². The molecule has 0 aromatic carbocycles. The molecule has 2 saturated heterocycles. The summed E-state index contributed by atoms with van der Waals surface area (Å²) in [7, 11) is -3.72. The average Bonchev–Trinajstić information content (AvgIpc) is 3.61. The number of carbonyl (C=O) groups is 2. The van der Waals surface area contributed by atoms with E-state index in [-0.39, 0.29) is 57.6 Å². The zero-order valence-electron chi connectivity index (χ0n) is 27.0. The highest BCUT2D eigenvalue weighted by molar-refractivity contribution is 6.74. The van der Waals surface area contributed by atoms with Crippen molar-refractivity contribution in [3.05, 3.63) is 0 Å². The zero-order chi connectivity index (χ0) is 29.5. The number of Topliss-reactive ketones (excluding diaryl/α,β-unsaturated/α-hetero) is 2. The number of hydrogen-bond acceptors (Lipinski definition) is 6. The highest BCUT2D eigenvalue weighted by Crippen LogP contribution is 2.48. The molecule has 0 N–H and O–H groups in total. The Balaban J connectivity index is 1.72. The molecule has 0 radical (unpaired) electrons. The van der Waals surface area contributed by atoms with E-state index in [9.17, 15) is 9.59 Å². The third-order valence-electron chi connectivity index (χ3n) is 10.00. The molecule has 222 valence electrons. The van der Waals surface area contributed by atoms with Gasteiger partial charge in [-0.25, -0.2) is 0 Å². The van der Waals surface area contributed by atoms with Gasteiger partial charge >= 0.3 is 0 Å². The average molecular weight is 571 g/mol. The molecule has 0 aliphatic carbocycles. The number of hydrogen-bond donors (Lipinski definition) is 0. The molecule has 38 heavy (non-hydrogen) atoms. The van der Waals surface area contributed by atoms with Gasteiger partial charge in [-0.15, -0.1) is 0 Å². The molecule has 0 aromatic heterocycles. The minimum Gasteiger partial charge on any atom is -0.414 e. The van der Waals surface area contributed by atoms with Crippen LogP contribution < -0.4 is 0 Å². The number of rotatable bonds is 15. The monoisotopic (exact) mass is 570 g/mol. The number of carbonyl (C=O) groups excluding carboxylic acids is 2. The molecule has 0 spiro atoms. The lowest BCUT2D eigenvalue weighted by molar-refractivity contribution is -0.133. The first-order valence-electron chi connectivity index (χ1n) is 14.7. The molecule has 2 aliphatic rings. The summed E-state index contributed by atoms with van der Waals surface area (Å²) >= 11 is 0. The first kappa shape index (κ1) is 33.8. The van der Waals surface area contributed by atoms with Gasteiger partial charge in [0.2, 0.25) is 0 Å². The maximum Gasteiger partial charge on any atom is 0.192 e. The minimum absolute atomic E-state index is 0.00494. The van der Waals surface area contributed by atoms with Gasteiger partial charge in [0.05, 0.1) is 29.8 Å². The maximum absolute atomic E-state index is 12.8. The zero-order valence-corrected chi connectivity index (χ0v) is 29.0. The van der Waals surface area contributed by atoms with E-state index in [1.165, 1.54) is 0 Å². The normalized spacial score (nSPS) is 29.6. The van der Waals surface area contributed by atoms with Crippen molar-refractivity contribution in [1.29, 1.82) is 0 Å². The van der Waals surface area contributed by atoms with Crippen molar-refractivity contribution in [3.63, 3.8) is 0 Å². The van der Waals surface area contributed by atoms with Gasteiger partial charge in [0.15, 0.2) is 16.6 Å². The molecule has 2 heterocycles. The van der Waals surface area contributed by atoms with Crippen LogP contribution in [-0.4, -0.2) is 64.3 Å². The first-order chi connectivity index (χ1) is 16.9. The third kappa shape index (κ3) is 8.56. The van der Waals surface area contributed by atoms with Crippen LogP contribution in [0.1, 0.15) is 101 Å². The molecule has 6 atom stereocenters. The Morgan fingerprint density at radius 1 is 0.816 bits per heavy atom. The molecule has 0 bridgehead atoms. The van der Waals surface area contributed by atoms with Crippen LogP contribution >= 0.6 is 0 Å². The summed E-state index contributed by atoms with van der Waals surface area (Å²) in [6.45, 7) is 30.9. The lowest BCUT2D eigenvalue weighted by atomic mass is 9.89. The Hall–Kier alpha value is -0.386. The standard InChI is InChI=1S/C30H58O6Si2/c1-21(36-38(13,14)28(6,7)8)19-24(32)22(2)23(31)15-17-29(9)25(34-29)16-18-30(10)26(35-30)20-33-37(11,12)27(3,4)5/h21-22,25-26H,15-20H2,1-14H3/t21-,22?,25-,26-,29-,30-/m1/s1. The van der Waals surface area contributed by atoms with Crippen molar-refractivity contribution in [2.75, 3.05) is 6.61 Å². The van der Waals surface area contributed by atoms with E-state index < -0.39 is 22.6 Å². The van der Waals surface area contributed by atoms with Crippen LogP contribution in [0.25, 0.3) is 0 Å². The van der Waals surface area contributed by atoms with Crippen molar-refractivity contribution in [1.82, 2.24) is 0 Å². The number of ether oxygens (including phenoxy) is 2. The van der Waals surface area contributed by atoms with Crippen molar-refractivity contribution >= 4 is 28.2 Å². The van der Waals surface area contributed by atoms with Gasteiger partial charge in [-0.1, -0.05) is 41.5 Å². The highest BCUT2D eigenvalue weighted by atomic mass is 28.4. The summed E-state index contributed by atoms with van der Waals surface area (Å²) in [5, 5.41) is 0.280. The Morgan fingerprint density at radius 3 is 1.84 bits per heavy atom. The van der Waals surface area contributed by atoms with E-state index in [2.05, 4.69) is 81.6 Å². The van der Waals surface area contributed by atoms with Crippen molar-refractivity contribution in [3.8, 4) is 0 Å². The molecule has 1 unspecified atom stereocenters. The molecule has 0 aromatic rings. The summed E-state index contributed by atoms with van der Waals surface area (Å²) in [5.41, 5.74) is -0.426. The summed E-state index contributed by atoms with van der Waals surface area (Å²) in [6.07, 6.45) is 3.26. The van der Waals surface area contributed by atoms with Crippen molar-refractivity contribution < 1.29 is 27.9 Å². The number of epoxide rings is 2. The number of ketones is 2. The van der Waals surface area contributed by atoms with E-state index in [0.29, 0.717) is 19.4 Å². The molecular weight excluding hydrogens is 512 g/mol. The molecular formula is C30H58O6Si2. The molecule has 2 fully saturated rings. The maximum atomic E-state index is 12.8. The lowest BCUT2D eigenvalue weighted by Gasteiger charge is -2.38. The van der Waals surface area contributed by atoms with Crippen LogP contribution in [0.5, 0.6) is 0 Å². The largest absolute Gasteiger partial charge is 0.414 e. The molecule has 0 saturated carbocycles. The first-order valence-corrected chi connectivity index (χ1v) is 20.5. The minimum atomic E-state index is -1.95. The van der Waals surface area contributed by atoms with Crippen LogP contribution in [0, 0.1) is 5.92 Å². The van der Waals surface area contributed by atoms with Crippen LogP contribution in [-0.2, 0) is 27.9 Å². The van der Waals surface area contributed by atoms with E-state index >= 15 is 0 Å². The van der Waals surface area contributed by atoms with Crippen LogP contribution in [0.15, 0.2) is 0 Å². The predicted octanol–water partition coefficient (Wildman–Crippen LogP) is 7.46. The van der Waals surface area contributed by atoms with Gasteiger partial charge in [0.1, 0.15) is 17.7 Å². The van der Waals surface area contributed by atoms with E-state index in [4.69, 9.17) is 18.3 Å². The van der Waals surface area contributed by atoms with Crippen LogP contribution in [0.3, 0.4) is 0 Å². The topological polar surface area (TPSA) is 77.7 Å². The second-order valence-electron chi connectivity index (χ2n) is 15.5. The Kier molecular flexibility index (Phi) is 10.2. The molecule has 0 amide bonds. The second-order valence-corrected chi connectivity index (χ2v) is 25.1. The van der Waals surface area contributed by atoms with E-state index in [1.54, 1.807) is 6.92 Å². The highest BCUT2D eigenvalue weighted by Gasteiger charge is 2.57. The molecule has 2 rings (SSSR count). The summed E-state index contributed by atoms with van der Waals surface area (Å²) in [4.78, 5) is 25.7. The fourth-order valence-electron chi connectivity index (χ4n) is 4.46. The molecule has 6 nitrogen and oxygen atoms in total. The predicted molar refractivity (Wildman–Crippen MR) is 160 cm³/mol. The SMILES string of the molecule is CC(C(=O)CC[C@@]1(C)O[C@@H]1CC[C@@]1(C)O[C@@H]1CO[Si](C)(C)C(C)(C)C)C(=O)C[C@@H](C)O[Si](C)(C)C(C)(C)C. The third-order valence-corrected chi connectivity index (χ3v) is 19.1. The van der Waals surface area contributed by atoms with Gasteiger partial charge in [-0.3, -0.25) is 9.59 Å². The summed E-state index contributed by atoms with van der Waals surface area (Å²) in [6, 6.07) is 0. The van der Waals surface area contributed by atoms with Gasteiger partial charge in [-0.2, -0.15) is 0 Å².